The highest BCUT2D eigenvalue weighted by Crippen LogP contribution is 2.23. The molecule has 164 valence electrons. The third-order valence-corrected chi connectivity index (χ3v) is 3.86. The average Bonchev–Trinajstić information content (AvgIpc) is 2.77. The molecule has 0 saturated heterocycles. The summed E-state index contributed by atoms with van der Waals surface area (Å²) in [7, 11) is 0.998. The Morgan fingerprint density at radius 2 is 1.55 bits per heavy atom. The second-order valence-electron chi connectivity index (χ2n) is 5.88. The molecule has 0 aliphatic heterocycles. The summed E-state index contributed by atoms with van der Waals surface area (Å²) in [5.41, 5.74) is -1.16. The van der Waals surface area contributed by atoms with Crippen molar-refractivity contribution in [3.05, 3.63) is 83.2 Å². The number of hydrogen-bond donors (Lipinski definition) is 0. The van der Waals surface area contributed by atoms with E-state index in [0.29, 0.717) is 5.56 Å². The lowest BCUT2D eigenvalue weighted by molar-refractivity contribution is -0.133. The Morgan fingerprint density at radius 1 is 1.00 bits per heavy atom. The van der Waals surface area contributed by atoms with Gasteiger partial charge in [0.15, 0.2) is 23.3 Å². The fourth-order valence-corrected chi connectivity index (χ4v) is 2.42. The Labute approximate surface area is 173 Å². The fourth-order valence-electron chi connectivity index (χ4n) is 2.42. The number of benzene rings is 2. The molecule has 2 rings (SSSR count). The Hall–Kier alpha value is -3.76. The lowest BCUT2D eigenvalue weighted by Gasteiger charge is -2.22. The van der Waals surface area contributed by atoms with E-state index < -0.39 is 52.4 Å². The summed E-state index contributed by atoms with van der Waals surface area (Å²) in [6.07, 6.45) is 1.38. The van der Waals surface area contributed by atoms with Crippen molar-refractivity contribution < 1.29 is 41.1 Å². The molecule has 0 N–H and O–H groups in total. The number of amidine groups is 1. The summed E-state index contributed by atoms with van der Waals surface area (Å²) in [6.45, 7) is 3.59. The Kier molecular flexibility index (Phi) is 7.83. The summed E-state index contributed by atoms with van der Waals surface area (Å²) in [4.78, 5) is 29.7. The van der Waals surface area contributed by atoms with E-state index in [1.54, 1.807) is 30.3 Å². The van der Waals surface area contributed by atoms with Crippen LogP contribution in [0.3, 0.4) is 0 Å². The largest absolute Gasteiger partial charge is 0.463 e. The maximum absolute atomic E-state index is 13.8. The van der Waals surface area contributed by atoms with E-state index in [1.165, 1.54) is 11.0 Å². The predicted octanol–water partition coefficient (Wildman–Crippen LogP) is 3.71. The first-order valence-corrected chi connectivity index (χ1v) is 8.51. The molecule has 0 atom stereocenters. The van der Waals surface area contributed by atoms with E-state index in [2.05, 4.69) is 21.3 Å². The third kappa shape index (κ3) is 5.24. The number of hydrogen-bond acceptors (Lipinski definition) is 5. The second kappa shape index (κ2) is 10.3. The van der Waals surface area contributed by atoms with Crippen LogP contribution < -0.4 is 0 Å². The van der Waals surface area contributed by atoms with Crippen LogP contribution in [0.1, 0.15) is 15.9 Å². The van der Waals surface area contributed by atoms with Crippen LogP contribution in [0.25, 0.3) is 0 Å². The SMILES string of the molecule is C=CCN(Cc1ccccc1)/C(=N/OC(=O)c1c(F)c(F)c(F)c(F)c1F)C(=O)OC. The van der Waals surface area contributed by atoms with Gasteiger partial charge in [-0.05, 0) is 10.7 Å². The maximum atomic E-state index is 13.8. The van der Waals surface area contributed by atoms with Crippen molar-refractivity contribution >= 4 is 17.8 Å². The zero-order valence-corrected chi connectivity index (χ0v) is 16.0. The Morgan fingerprint density at radius 3 is 2.06 bits per heavy atom. The number of rotatable bonds is 6. The third-order valence-electron chi connectivity index (χ3n) is 3.86. The number of nitrogens with zero attached hydrogens (tertiary/aromatic N) is 2. The number of methoxy groups -OCH3 is 1. The molecule has 0 saturated carbocycles. The normalized spacial score (nSPS) is 11.1. The fraction of sp³-hybridized carbons (Fsp3) is 0.150. The van der Waals surface area contributed by atoms with Gasteiger partial charge >= 0.3 is 11.9 Å². The Balaban J connectivity index is 2.41. The van der Waals surface area contributed by atoms with Gasteiger partial charge in [0, 0.05) is 13.1 Å². The first-order chi connectivity index (χ1) is 14.7. The average molecular weight is 442 g/mol. The Bertz CT molecular complexity index is 999. The zero-order valence-electron chi connectivity index (χ0n) is 16.0. The van der Waals surface area contributed by atoms with Crippen LogP contribution >= 0.6 is 0 Å². The topological polar surface area (TPSA) is 68.2 Å². The highest BCUT2D eigenvalue weighted by atomic mass is 19.2. The van der Waals surface area contributed by atoms with Gasteiger partial charge in [-0.1, -0.05) is 36.4 Å². The van der Waals surface area contributed by atoms with Crippen LogP contribution in [-0.2, 0) is 20.9 Å². The van der Waals surface area contributed by atoms with E-state index in [-0.39, 0.29) is 13.1 Å². The molecule has 0 amide bonds. The summed E-state index contributed by atoms with van der Waals surface area (Å²) in [5.74, 6) is -15.6. The number of oxime groups is 1. The van der Waals surface area contributed by atoms with Crippen molar-refractivity contribution in [1.82, 2.24) is 4.90 Å². The van der Waals surface area contributed by atoms with Gasteiger partial charge in [0.2, 0.25) is 5.82 Å². The summed E-state index contributed by atoms with van der Waals surface area (Å²) in [6, 6.07) is 8.62. The molecule has 6 nitrogen and oxygen atoms in total. The maximum Gasteiger partial charge on any atom is 0.377 e. The minimum atomic E-state index is -2.44. The molecule has 0 fully saturated rings. The lowest BCUT2D eigenvalue weighted by Crippen LogP contribution is -2.37. The molecular formula is C20H15F5N2O4. The second-order valence-corrected chi connectivity index (χ2v) is 5.88. The van der Waals surface area contributed by atoms with Crippen molar-refractivity contribution in [3.63, 3.8) is 0 Å². The molecule has 0 unspecified atom stereocenters. The molecule has 2 aromatic rings. The van der Waals surface area contributed by atoms with Crippen LogP contribution in [0.5, 0.6) is 0 Å². The molecule has 0 spiro atoms. The monoisotopic (exact) mass is 442 g/mol. The van der Waals surface area contributed by atoms with Gasteiger partial charge < -0.3 is 14.5 Å². The number of esters is 1. The molecule has 11 heteroatoms. The van der Waals surface area contributed by atoms with Gasteiger partial charge in [-0.25, -0.2) is 31.5 Å². The minimum absolute atomic E-state index is 0.00288. The molecule has 0 radical (unpaired) electrons. The van der Waals surface area contributed by atoms with Crippen LogP contribution in [0, 0.1) is 29.1 Å². The quantitative estimate of drug-likeness (QED) is 0.0786. The molecule has 0 aromatic heterocycles. The van der Waals surface area contributed by atoms with Crippen molar-refractivity contribution in [1.29, 1.82) is 0 Å². The van der Waals surface area contributed by atoms with E-state index in [0.717, 1.165) is 7.11 Å². The van der Waals surface area contributed by atoms with Gasteiger partial charge in [0.05, 0.1) is 7.11 Å². The molecular weight excluding hydrogens is 427 g/mol. The molecule has 0 aliphatic rings. The van der Waals surface area contributed by atoms with Gasteiger partial charge in [0.25, 0.3) is 5.84 Å². The van der Waals surface area contributed by atoms with Gasteiger partial charge in [0.1, 0.15) is 5.56 Å². The minimum Gasteiger partial charge on any atom is -0.463 e. The number of carbonyl (C=O) groups is 2. The van der Waals surface area contributed by atoms with Gasteiger partial charge in [-0.15, -0.1) is 6.58 Å². The highest BCUT2D eigenvalue weighted by molar-refractivity contribution is 6.35. The number of halogens is 5. The van der Waals surface area contributed by atoms with Crippen LogP contribution in [0.15, 0.2) is 48.1 Å². The van der Waals surface area contributed by atoms with Gasteiger partial charge in [-0.3, -0.25) is 0 Å². The first kappa shape index (κ1) is 23.5. The summed E-state index contributed by atoms with van der Waals surface area (Å²) >= 11 is 0. The molecule has 0 heterocycles. The summed E-state index contributed by atoms with van der Waals surface area (Å²) < 4.78 is 71.9. The van der Waals surface area contributed by atoms with Crippen LogP contribution in [0.2, 0.25) is 0 Å². The first-order valence-electron chi connectivity index (χ1n) is 8.51. The van der Waals surface area contributed by atoms with Crippen LogP contribution in [-0.4, -0.2) is 36.3 Å². The van der Waals surface area contributed by atoms with Crippen LogP contribution in [0.4, 0.5) is 22.0 Å². The van der Waals surface area contributed by atoms with Crippen molar-refractivity contribution in [2.75, 3.05) is 13.7 Å². The zero-order chi connectivity index (χ0) is 23.1. The number of carbonyl (C=O) groups excluding carboxylic acids is 2. The van der Waals surface area contributed by atoms with Crippen molar-refractivity contribution in [2.24, 2.45) is 5.16 Å². The van der Waals surface area contributed by atoms with E-state index in [9.17, 15) is 31.5 Å². The van der Waals surface area contributed by atoms with E-state index in [4.69, 9.17) is 0 Å². The lowest BCUT2D eigenvalue weighted by atomic mass is 10.1. The highest BCUT2D eigenvalue weighted by Gasteiger charge is 2.31. The number of ether oxygens (including phenoxy) is 1. The molecule has 2 aromatic carbocycles. The van der Waals surface area contributed by atoms with E-state index in [1.807, 2.05) is 0 Å². The molecule has 31 heavy (non-hydrogen) atoms. The molecule has 0 aliphatic carbocycles. The predicted molar refractivity (Wildman–Crippen MR) is 98.1 cm³/mol. The molecule has 0 bridgehead atoms. The smallest absolute Gasteiger partial charge is 0.377 e. The van der Waals surface area contributed by atoms with Gasteiger partial charge in [-0.2, -0.15) is 0 Å². The van der Waals surface area contributed by atoms with Crippen molar-refractivity contribution in [3.8, 4) is 0 Å². The standard InChI is InChI=1S/C20H15F5N2O4/c1-3-9-27(10-11-7-5-4-6-8-11)18(20(29)30-2)26-31-19(28)12-13(21)15(23)17(25)16(24)14(12)22/h3-8H,1,9-10H2,2H3/b26-18+. The summed E-state index contributed by atoms with van der Waals surface area (Å²) in [5, 5.41) is 3.25. The van der Waals surface area contributed by atoms with E-state index >= 15 is 0 Å². The van der Waals surface area contributed by atoms with Crippen molar-refractivity contribution in [2.45, 2.75) is 6.54 Å².